The number of aliphatic hydroxyl groups excluding tert-OH is 1. The third-order valence-corrected chi connectivity index (χ3v) is 2.62. The number of hydrogen-bond acceptors (Lipinski definition) is 4. The zero-order chi connectivity index (χ0) is 12.8. The van der Waals surface area contributed by atoms with Crippen LogP contribution >= 0.6 is 0 Å². The molecule has 0 aliphatic heterocycles. The van der Waals surface area contributed by atoms with Gasteiger partial charge >= 0.3 is 5.97 Å². The van der Waals surface area contributed by atoms with Crippen molar-refractivity contribution in [3.05, 3.63) is 35.4 Å². The van der Waals surface area contributed by atoms with Crippen molar-refractivity contribution in [3.8, 4) is 0 Å². The van der Waals surface area contributed by atoms with Crippen molar-refractivity contribution in [1.29, 1.82) is 0 Å². The molecule has 0 fully saturated rings. The molecule has 4 nitrogen and oxygen atoms in total. The summed E-state index contributed by atoms with van der Waals surface area (Å²) < 4.78 is 9.66. The Hall–Kier alpha value is -1.39. The van der Waals surface area contributed by atoms with Crippen LogP contribution in [0.5, 0.6) is 0 Å². The Bertz CT molecular complexity index is 375. The second kappa shape index (κ2) is 6.37. The molecule has 0 aliphatic rings. The van der Waals surface area contributed by atoms with Gasteiger partial charge in [-0.15, -0.1) is 0 Å². The molecule has 17 heavy (non-hydrogen) atoms. The maximum atomic E-state index is 11.2. The Morgan fingerprint density at radius 3 is 2.71 bits per heavy atom. The van der Waals surface area contributed by atoms with Gasteiger partial charge in [-0.05, 0) is 24.5 Å². The first-order valence-electron chi connectivity index (χ1n) is 5.46. The van der Waals surface area contributed by atoms with E-state index in [0.717, 1.165) is 12.0 Å². The lowest BCUT2D eigenvalue weighted by atomic mass is 10.0. The molecule has 1 rings (SSSR count). The largest absolute Gasteiger partial charge is 0.467 e. The predicted octanol–water partition coefficient (Wildman–Crippen LogP) is 1.47. The minimum Gasteiger partial charge on any atom is -0.467 e. The van der Waals surface area contributed by atoms with Crippen molar-refractivity contribution in [2.45, 2.75) is 25.6 Å². The normalized spacial score (nSPS) is 14.1. The number of benzene rings is 1. The maximum absolute atomic E-state index is 11.2. The third kappa shape index (κ3) is 3.84. The molecule has 0 aromatic heterocycles. The second-order valence-corrected chi connectivity index (χ2v) is 3.92. The summed E-state index contributed by atoms with van der Waals surface area (Å²) in [6.07, 6.45) is -0.392. The number of esters is 1. The Kier molecular flexibility index (Phi) is 5.12. The molecule has 0 amide bonds. The topological polar surface area (TPSA) is 55.8 Å². The molecule has 1 N–H and O–H groups in total. The van der Waals surface area contributed by atoms with E-state index in [1.807, 2.05) is 13.0 Å². The number of aliphatic hydroxyl groups is 1. The molecule has 4 heteroatoms. The highest BCUT2D eigenvalue weighted by Gasteiger charge is 2.18. The van der Waals surface area contributed by atoms with Crippen LogP contribution in [-0.4, -0.2) is 31.4 Å². The summed E-state index contributed by atoms with van der Waals surface area (Å²) in [7, 11) is 2.90. The highest BCUT2D eigenvalue weighted by Crippen LogP contribution is 2.17. The Morgan fingerprint density at radius 2 is 2.12 bits per heavy atom. The first-order chi connectivity index (χ1) is 8.08. The molecule has 0 saturated carbocycles. The Labute approximate surface area is 101 Å². The van der Waals surface area contributed by atoms with Crippen LogP contribution in [-0.2, 0) is 20.7 Å². The van der Waals surface area contributed by atoms with E-state index in [9.17, 15) is 9.90 Å². The molecule has 0 heterocycles. The standard InChI is InChI=1S/C13H18O4/c1-9(16-2)7-10-5-4-6-11(8-10)12(14)13(15)17-3/h4-6,8-9,12,14H,7H2,1-3H3. The fourth-order valence-corrected chi connectivity index (χ4v) is 1.55. The van der Waals surface area contributed by atoms with Crippen LogP contribution in [0.15, 0.2) is 24.3 Å². The smallest absolute Gasteiger partial charge is 0.339 e. The fraction of sp³-hybridized carbons (Fsp3) is 0.462. The van der Waals surface area contributed by atoms with Crippen LogP contribution in [0.25, 0.3) is 0 Å². The van der Waals surface area contributed by atoms with Crippen molar-refractivity contribution < 1.29 is 19.4 Å². The van der Waals surface area contributed by atoms with Gasteiger partial charge in [-0.1, -0.05) is 24.3 Å². The number of rotatable bonds is 5. The predicted molar refractivity (Wildman–Crippen MR) is 63.6 cm³/mol. The number of carbonyl (C=O) groups excluding carboxylic acids is 1. The van der Waals surface area contributed by atoms with E-state index in [1.165, 1.54) is 7.11 Å². The van der Waals surface area contributed by atoms with Gasteiger partial charge in [0.25, 0.3) is 0 Å². The van der Waals surface area contributed by atoms with E-state index < -0.39 is 12.1 Å². The lowest BCUT2D eigenvalue weighted by molar-refractivity contribution is -0.150. The van der Waals surface area contributed by atoms with Crippen molar-refractivity contribution in [1.82, 2.24) is 0 Å². The molecule has 0 saturated heterocycles. The summed E-state index contributed by atoms with van der Waals surface area (Å²) in [6.45, 7) is 1.96. The molecular weight excluding hydrogens is 220 g/mol. The van der Waals surface area contributed by atoms with Crippen LogP contribution < -0.4 is 0 Å². The molecule has 0 aliphatic carbocycles. The Balaban J connectivity index is 2.81. The van der Waals surface area contributed by atoms with Crippen LogP contribution in [0.4, 0.5) is 0 Å². The van der Waals surface area contributed by atoms with Crippen molar-refractivity contribution in [2.24, 2.45) is 0 Å². The van der Waals surface area contributed by atoms with E-state index in [-0.39, 0.29) is 6.10 Å². The number of ether oxygens (including phenoxy) is 2. The zero-order valence-electron chi connectivity index (χ0n) is 10.3. The number of carbonyl (C=O) groups is 1. The van der Waals surface area contributed by atoms with Gasteiger partial charge < -0.3 is 14.6 Å². The fourth-order valence-electron chi connectivity index (χ4n) is 1.55. The van der Waals surface area contributed by atoms with Gasteiger partial charge in [0, 0.05) is 7.11 Å². The lowest BCUT2D eigenvalue weighted by Gasteiger charge is -2.12. The Morgan fingerprint density at radius 1 is 1.41 bits per heavy atom. The van der Waals surface area contributed by atoms with E-state index in [1.54, 1.807) is 25.3 Å². The number of methoxy groups -OCH3 is 2. The van der Waals surface area contributed by atoms with Gasteiger partial charge in [-0.3, -0.25) is 0 Å². The summed E-state index contributed by atoms with van der Waals surface area (Å²) in [6, 6.07) is 7.22. The molecular formula is C13H18O4. The van der Waals surface area contributed by atoms with E-state index in [2.05, 4.69) is 4.74 Å². The summed E-state index contributed by atoms with van der Waals surface area (Å²) in [5.74, 6) is -0.651. The quantitative estimate of drug-likeness (QED) is 0.789. The van der Waals surface area contributed by atoms with Gasteiger partial charge in [-0.25, -0.2) is 4.79 Å². The van der Waals surface area contributed by atoms with E-state index >= 15 is 0 Å². The van der Waals surface area contributed by atoms with Crippen LogP contribution in [0.1, 0.15) is 24.2 Å². The SMILES string of the molecule is COC(=O)C(O)c1cccc(CC(C)OC)c1. The monoisotopic (exact) mass is 238 g/mol. The van der Waals surface area contributed by atoms with Gasteiger partial charge in [0.2, 0.25) is 0 Å². The molecule has 1 aromatic rings. The minimum absolute atomic E-state index is 0.0977. The zero-order valence-corrected chi connectivity index (χ0v) is 10.3. The summed E-state index contributed by atoms with van der Waals surface area (Å²) in [5.41, 5.74) is 1.55. The molecule has 0 bridgehead atoms. The molecule has 1 aromatic carbocycles. The number of hydrogen-bond donors (Lipinski definition) is 1. The summed E-state index contributed by atoms with van der Waals surface area (Å²) in [4.78, 5) is 11.2. The van der Waals surface area contributed by atoms with Crippen molar-refractivity contribution in [2.75, 3.05) is 14.2 Å². The van der Waals surface area contributed by atoms with Gasteiger partial charge in [-0.2, -0.15) is 0 Å². The maximum Gasteiger partial charge on any atom is 0.339 e. The van der Waals surface area contributed by atoms with E-state index in [0.29, 0.717) is 5.56 Å². The van der Waals surface area contributed by atoms with Crippen molar-refractivity contribution in [3.63, 3.8) is 0 Å². The van der Waals surface area contributed by atoms with Gasteiger partial charge in [0.1, 0.15) is 0 Å². The van der Waals surface area contributed by atoms with E-state index in [4.69, 9.17) is 4.74 Å². The van der Waals surface area contributed by atoms with Crippen LogP contribution in [0, 0.1) is 0 Å². The third-order valence-electron chi connectivity index (χ3n) is 2.62. The highest BCUT2D eigenvalue weighted by atomic mass is 16.5. The second-order valence-electron chi connectivity index (χ2n) is 3.92. The van der Waals surface area contributed by atoms with Gasteiger partial charge in [0.15, 0.2) is 6.10 Å². The molecule has 0 spiro atoms. The van der Waals surface area contributed by atoms with Crippen molar-refractivity contribution >= 4 is 5.97 Å². The molecule has 2 atom stereocenters. The first-order valence-corrected chi connectivity index (χ1v) is 5.46. The molecule has 2 unspecified atom stereocenters. The van der Waals surface area contributed by atoms with Crippen LogP contribution in [0.3, 0.4) is 0 Å². The van der Waals surface area contributed by atoms with Crippen LogP contribution in [0.2, 0.25) is 0 Å². The summed E-state index contributed by atoms with van der Waals surface area (Å²) in [5, 5.41) is 9.70. The lowest BCUT2D eigenvalue weighted by Crippen LogP contribution is -2.14. The molecule has 94 valence electrons. The average Bonchev–Trinajstić information content (AvgIpc) is 2.37. The first kappa shape index (κ1) is 13.7. The van der Waals surface area contributed by atoms with Gasteiger partial charge in [0.05, 0.1) is 13.2 Å². The highest BCUT2D eigenvalue weighted by molar-refractivity contribution is 5.76. The minimum atomic E-state index is -1.22. The average molecular weight is 238 g/mol. The molecule has 0 radical (unpaired) electrons. The summed E-state index contributed by atoms with van der Waals surface area (Å²) >= 11 is 0.